The molecule has 8 nitrogen and oxygen atoms in total. The third kappa shape index (κ3) is 2.51. The number of rotatable bonds is 4. The van der Waals surface area contributed by atoms with Gasteiger partial charge in [-0.2, -0.15) is 18.3 Å². The van der Waals surface area contributed by atoms with Crippen LogP contribution in [-0.4, -0.2) is 48.2 Å². The topological polar surface area (TPSA) is 133 Å². The van der Waals surface area contributed by atoms with Crippen LogP contribution in [0.4, 0.5) is 13.2 Å². The van der Waals surface area contributed by atoms with E-state index < -0.39 is 35.6 Å². The second-order valence-electron chi connectivity index (χ2n) is 3.42. The summed E-state index contributed by atoms with van der Waals surface area (Å²) in [7, 11) is 0. The molecular formula is C8H7F3N2O6. The average Bonchev–Trinajstić information content (AvgIpc) is 2.75. The lowest BCUT2D eigenvalue weighted by Crippen LogP contribution is -2.55. The molecule has 0 saturated carbocycles. The second kappa shape index (κ2) is 4.51. The summed E-state index contributed by atoms with van der Waals surface area (Å²) in [6.07, 6.45) is -7.44. The molecule has 0 saturated heterocycles. The van der Waals surface area contributed by atoms with Crippen molar-refractivity contribution in [3.63, 3.8) is 0 Å². The second-order valence-corrected chi connectivity index (χ2v) is 3.42. The highest BCUT2D eigenvalue weighted by molar-refractivity contribution is 5.84. The van der Waals surface area contributed by atoms with E-state index in [0.29, 0.717) is 12.3 Å². The van der Waals surface area contributed by atoms with E-state index in [2.05, 4.69) is 5.10 Å². The highest BCUT2D eigenvalue weighted by atomic mass is 19.4. The summed E-state index contributed by atoms with van der Waals surface area (Å²) in [5, 5.41) is 38.6. The number of nitrogens with zero attached hydrogens (tertiary/aromatic N) is 2. The third-order valence-electron chi connectivity index (χ3n) is 2.16. The van der Waals surface area contributed by atoms with Crippen molar-refractivity contribution < 1.29 is 43.2 Å². The molecule has 0 fully saturated rings. The molecule has 1 aromatic heterocycles. The Kier molecular flexibility index (Phi) is 3.54. The van der Waals surface area contributed by atoms with E-state index in [4.69, 9.17) is 15.3 Å². The van der Waals surface area contributed by atoms with Gasteiger partial charge in [0.25, 0.3) is 5.72 Å². The molecule has 1 aromatic rings. The molecule has 4 N–H and O–H groups in total. The molecule has 1 heterocycles. The quantitative estimate of drug-likeness (QED) is 0.561. The number of aliphatic hydroxyl groups is 2. The lowest BCUT2D eigenvalue weighted by molar-refractivity contribution is -0.203. The molecule has 0 bridgehead atoms. The zero-order chi connectivity index (χ0) is 15.0. The molecule has 0 amide bonds. The fourth-order valence-electron chi connectivity index (χ4n) is 1.18. The van der Waals surface area contributed by atoms with Gasteiger partial charge in [0.15, 0.2) is 5.69 Å². The predicted molar refractivity (Wildman–Crippen MR) is 48.7 cm³/mol. The lowest BCUT2D eigenvalue weighted by Gasteiger charge is -2.26. The maximum absolute atomic E-state index is 12.3. The summed E-state index contributed by atoms with van der Waals surface area (Å²) in [5.41, 5.74) is -5.11. The number of hydrogen-bond donors (Lipinski definition) is 4. The molecule has 106 valence electrons. The smallest absolute Gasteiger partial charge is 0.435 e. The Hall–Kier alpha value is -2.14. The number of aliphatic hydroxyl groups excluding tert-OH is 1. The van der Waals surface area contributed by atoms with Gasteiger partial charge in [0.2, 0.25) is 6.10 Å². The monoisotopic (exact) mass is 284 g/mol. The zero-order valence-corrected chi connectivity index (χ0v) is 8.87. The van der Waals surface area contributed by atoms with Gasteiger partial charge in [-0.15, -0.1) is 0 Å². The zero-order valence-electron chi connectivity index (χ0n) is 8.87. The number of hydrogen-bond acceptors (Lipinski definition) is 5. The summed E-state index contributed by atoms with van der Waals surface area (Å²) < 4.78 is 36.6. The number of aliphatic carboxylic acids is 2. The van der Waals surface area contributed by atoms with Crippen molar-refractivity contribution in [1.82, 2.24) is 9.78 Å². The van der Waals surface area contributed by atoms with Crippen molar-refractivity contribution in [3.05, 3.63) is 18.0 Å². The van der Waals surface area contributed by atoms with Gasteiger partial charge in [-0.3, -0.25) is 0 Å². The summed E-state index contributed by atoms with van der Waals surface area (Å²) in [5.74, 6) is -4.42. The molecule has 2 atom stereocenters. The third-order valence-corrected chi connectivity index (χ3v) is 2.16. The number of alkyl halides is 3. The van der Waals surface area contributed by atoms with E-state index in [1.807, 2.05) is 0 Å². The van der Waals surface area contributed by atoms with Gasteiger partial charge in [-0.05, 0) is 6.07 Å². The Labute approximate surface area is 102 Å². The van der Waals surface area contributed by atoms with Crippen LogP contribution in [0.5, 0.6) is 0 Å². The Bertz CT molecular complexity index is 513. The summed E-state index contributed by atoms with van der Waals surface area (Å²) in [6, 6.07) is 0.322. The first-order chi connectivity index (χ1) is 8.51. The van der Waals surface area contributed by atoms with Gasteiger partial charge in [-0.1, -0.05) is 0 Å². The highest BCUT2D eigenvalue weighted by Gasteiger charge is 2.51. The molecule has 1 rings (SSSR count). The molecule has 0 spiro atoms. The first kappa shape index (κ1) is 14.9. The van der Waals surface area contributed by atoms with Crippen LogP contribution in [-0.2, 0) is 21.5 Å². The number of carbonyl (C=O) groups is 2. The molecule has 11 heteroatoms. The van der Waals surface area contributed by atoms with Crippen molar-refractivity contribution in [2.24, 2.45) is 0 Å². The molecule has 0 radical (unpaired) electrons. The van der Waals surface area contributed by atoms with Crippen LogP contribution in [0.15, 0.2) is 12.3 Å². The van der Waals surface area contributed by atoms with Gasteiger partial charge in [0, 0.05) is 6.20 Å². The first-order valence-corrected chi connectivity index (χ1v) is 4.51. The molecule has 19 heavy (non-hydrogen) atoms. The fourth-order valence-corrected chi connectivity index (χ4v) is 1.18. The molecular weight excluding hydrogens is 277 g/mol. The SMILES string of the molecule is O=C(O)C(O)C(O)(C(=O)O)n1ccc(C(F)(F)F)n1. The molecule has 2 unspecified atom stereocenters. The van der Waals surface area contributed by atoms with Crippen molar-refractivity contribution in [1.29, 1.82) is 0 Å². The van der Waals surface area contributed by atoms with Gasteiger partial charge >= 0.3 is 18.1 Å². The minimum atomic E-state index is -4.92. The minimum absolute atomic E-state index is 0.184. The number of carboxylic acid groups (broad SMARTS) is 2. The van der Waals surface area contributed by atoms with Crippen LogP contribution < -0.4 is 0 Å². The molecule has 0 aliphatic carbocycles. The lowest BCUT2D eigenvalue weighted by atomic mass is 10.1. The standard InChI is InChI=1S/C8H7F3N2O6/c9-8(10,11)3-1-2-13(12-3)7(19,6(17)18)4(14)5(15)16/h1-2,4,14,19H,(H,15,16)(H,17,18). The molecule has 0 aliphatic heterocycles. The number of halogens is 3. The number of aromatic nitrogens is 2. The Morgan fingerprint density at radius 2 is 1.84 bits per heavy atom. The normalized spacial score (nSPS) is 16.7. The van der Waals surface area contributed by atoms with Crippen LogP contribution in [0.2, 0.25) is 0 Å². The molecule has 0 aromatic carbocycles. The van der Waals surface area contributed by atoms with E-state index >= 15 is 0 Å². The summed E-state index contributed by atoms with van der Waals surface area (Å²) in [6.45, 7) is 0. The van der Waals surface area contributed by atoms with Crippen molar-refractivity contribution in [3.8, 4) is 0 Å². The van der Waals surface area contributed by atoms with Gasteiger partial charge < -0.3 is 20.4 Å². The largest absolute Gasteiger partial charge is 0.479 e. The first-order valence-electron chi connectivity index (χ1n) is 4.51. The van der Waals surface area contributed by atoms with Crippen LogP contribution in [0.1, 0.15) is 5.69 Å². The fraction of sp³-hybridized carbons (Fsp3) is 0.375. The Morgan fingerprint density at radius 1 is 1.32 bits per heavy atom. The maximum Gasteiger partial charge on any atom is 0.435 e. The van der Waals surface area contributed by atoms with E-state index in [9.17, 15) is 27.9 Å². The van der Waals surface area contributed by atoms with Gasteiger partial charge in [0.05, 0.1) is 0 Å². The average molecular weight is 284 g/mol. The van der Waals surface area contributed by atoms with Gasteiger partial charge in [-0.25, -0.2) is 14.3 Å². The summed E-state index contributed by atoms with van der Waals surface area (Å²) in [4.78, 5) is 21.3. The van der Waals surface area contributed by atoms with E-state index in [-0.39, 0.29) is 4.68 Å². The molecule has 0 aliphatic rings. The van der Waals surface area contributed by atoms with Crippen LogP contribution in [0.25, 0.3) is 0 Å². The van der Waals surface area contributed by atoms with Crippen molar-refractivity contribution in [2.45, 2.75) is 18.0 Å². The van der Waals surface area contributed by atoms with Crippen molar-refractivity contribution >= 4 is 11.9 Å². The summed E-state index contributed by atoms with van der Waals surface area (Å²) >= 11 is 0. The predicted octanol–water partition coefficient (Wildman–Crippen LogP) is -0.923. The highest BCUT2D eigenvalue weighted by Crippen LogP contribution is 2.29. The van der Waals surface area contributed by atoms with Crippen LogP contribution in [0, 0.1) is 0 Å². The maximum atomic E-state index is 12.3. The van der Waals surface area contributed by atoms with Crippen molar-refractivity contribution in [2.75, 3.05) is 0 Å². The van der Waals surface area contributed by atoms with Crippen LogP contribution >= 0.6 is 0 Å². The minimum Gasteiger partial charge on any atom is -0.479 e. The Morgan fingerprint density at radius 3 is 2.16 bits per heavy atom. The Balaban J connectivity index is 3.32. The van der Waals surface area contributed by atoms with E-state index in [1.165, 1.54) is 0 Å². The van der Waals surface area contributed by atoms with Crippen LogP contribution in [0.3, 0.4) is 0 Å². The van der Waals surface area contributed by atoms with E-state index in [1.54, 1.807) is 0 Å². The van der Waals surface area contributed by atoms with E-state index in [0.717, 1.165) is 0 Å². The van der Waals surface area contributed by atoms with Gasteiger partial charge in [0.1, 0.15) is 0 Å². The number of carboxylic acids is 2.